The van der Waals surface area contributed by atoms with Gasteiger partial charge in [-0.15, -0.1) is 13.2 Å². The number of rotatable bonds is 11. The average molecular weight is 304 g/mol. The van der Waals surface area contributed by atoms with Crippen molar-refractivity contribution in [2.45, 2.75) is 32.0 Å². The summed E-state index contributed by atoms with van der Waals surface area (Å²) in [7, 11) is 0. The van der Waals surface area contributed by atoms with E-state index >= 15 is 0 Å². The zero-order valence-electron chi connectivity index (χ0n) is 13.0. The minimum atomic E-state index is -0.606. The molecule has 0 radical (unpaired) electrons. The summed E-state index contributed by atoms with van der Waals surface area (Å²) < 4.78 is 19.8. The number of halogens is 1. The Hall–Kier alpha value is -1.71. The molecule has 1 rings (SSSR count). The Labute approximate surface area is 132 Å². The fraction of sp³-hybridized carbons (Fsp3) is 0.368. The Morgan fingerprint density at radius 1 is 1.23 bits per heavy atom. The molecule has 1 aromatic rings. The summed E-state index contributed by atoms with van der Waals surface area (Å²) in [6.07, 6.45) is 5.40. The van der Waals surface area contributed by atoms with Gasteiger partial charge in [0.05, 0.1) is 19.3 Å². The van der Waals surface area contributed by atoms with Crippen LogP contribution in [0.4, 0.5) is 4.39 Å². The summed E-state index contributed by atoms with van der Waals surface area (Å²) >= 11 is 0. The number of benzene rings is 1. The molecule has 0 aliphatic carbocycles. The highest BCUT2D eigenvalue weighted by Crippen LogP contribution is 2.22. The second kappa shape index (κ2) is 10.9. The first-order chi connectivity index (χ1) is 10.7. The number of allylic oxidation sites excluding steroid dienone is 2. The van der Waals surface area contributed by atoms with Crippen molar-refractivity contribution < 1.29 is 14.2 Å². The minimum Gasteiger partial charge on any atom is -0.393 e. The molecule has 0 bridgehead atoms. The molecule has 0 aliphatic heterocycles. The van der Waals surface area contributed by atoms with Gasteiger partial charge in [-0.25, -0.2) is 4.39 Å². The van der Waals surface area contributed by atoms with E-state index in [1.165, 1.54) is 6.08 Å². The van der Waals surface area contributed by atoms with Gasteiger partial charge in [0.2, 0.25) is 0 Å². The first-order valence-electron chi connectivity index (χ1n) is 7.54. The van der Waals surface area contributed by atoms with Gasteiger partial charge in [-0.2, -0.15) is 0 Å². The Kier molecular flexibility index (Phi) is 9.12. The second-order valence-corrected chi connectivity index (χ2v) is 5.22. The van der Waals surface area contributed by atoms with E-state index in [1.807, 2.05) is 30.3 Å². The van der Waals surface area contributed by atoms with Crippen LogP contribution in [0.3, 0.4) is 0 Å². The molecule has 2 atom stereocenters. The largest absolute Gasteiger partial charge is 0.393 e. The van der Waals surface area contributed by atoms with Crippen LogP contribution in [-0.4, -0.2) is 17.8 Å². The van der Waals surface area contributed by atoms with Gasteiger partial charge in [0.15, 0.2) is 0 Å². The van der Waals surface area contributed by atoms with E-state index in [0.29, 0.717) is 25.9 Å². The van der Waals surface area contributed by atoms with Crippen molar-refractivity contribution in [3.8, 4) is 0 Å². The van der Waals surface area contributed by atoms with Gasteiger partial charge in [-0.1, -0.05) is 42.5 Å². The number of hydrogen-bond donors (Lipinski definition) is 1. The molecule has 3 heteroatoms. The van der Waals surface area contributed by atoms with Gasteiger partial charge < -0.3 is 9.84 Å². The van der Waals surface area contributed by atoms with E-state index < -0.39 is 12.0 Å². The minimum absolute atomic E-state index is 0.239. The van der Waals surface area contributed by atoms with Crippen molar-refractivity contribution in [3.63, 3.8) is 0 Å². The summed E-state index contributed by atoms with van der Waals surface area (Å²) in [6, 6.07) is 9.75. The normalized spacial score (nSPS) is 14.4. The number of aliphatic hydroxyl groups excluding tert-OH is 1. The van der Waals surface area contributed by atoms with E-state index in [1.54, 1.807) is 12.2 Å². The third-order valence-corrected chi connectivity index (χ3v) is 3.30. The molecule has 0 saturated heterocycles. The molecule has 1 N–H and O–H groups in total. The van der Waals surface area contributed by atoms with Crippen LogP contribution in [-0.2, 0) is 11.3 Å². The van der Waals surface area contributed by atoms with Crippen molar-refractivity contribution in [2.75, 3.05) is 6.61 Å². The van der Waals surface area contributed by atoms with Gasteiger partial charge in [0, 0.05) is 5.92 Å². The fourth-order valence-corrected chi connectivity index (χ4v) is 2.13. The van der Waals surface area contributed by atoms with Crippen LogP contribution < -0.4 is 0 Å². The molecule has 120 valence electrons. The maximum absolute atomic E-state index is 14.2. The van der Waals surface area contributed by atoms with E-state index in [2.05, 4.69) is 13.2 Å². The molecule has 0 heterocycles. The summed E-state index contributed by atoms with van der Waals surface area (Å²) in [5, 5.41) is 9.87. The van der Waals surface area contributed by atoms with Crippen molar-refractivity contribution in [2.24, 2.45) is 5.92 Å². The van der Waals surface area contributed by atoms with Gasteiger partial charge in [-0.3, -0.25) is 0 Å². The Balaban J connectivity index is 2.56. The quantitative estimate of drug-likeness (QED) is 0.607. The molecule has 0 saturated carbocycles. The van der Waals surface area contributed by atoms with Crippen molar-refractivity contribution in [1.82, 2.24) is 0 Å². The molecule has 22 heavy (non-hydrogen) atoms. The second-order valence-electron chi connectivity index (χ2n) is 5.22. The maximum atomic E-state index is 14.2. The fourth-order valence-electron chi connectivity index (χ4n) is 2.13. The van der Waals surface area contributed by atoms with Crippen LogP contribution >= 0.6 is 0 Å². The van der Waals surface area contributed by atoms with Gasteiger partial charge in [0.25, 0.3) is 0 Å². The molecule has 0 fully saturated rings. The topological polar surface area (TPSA) is 29.5 Å². The number of ether oxygens (including phenoxy) is 1. The van der Waals surface area contributed by atoms with Crippen LogP contribution in [0.15, 0.2) is 67.5 Å². The predicted octanol–water partition coefficient (Wildman–Crippen LogP) is 4.58. The van der Waals surface area contributed by atoms with Gasteiger partial charge in [0.1, 0.15) is 5.83 Å². The van der Waals surface area contributed by atoms with Gasteiger partial charge >= 0.3 is 0 Å². The summed E-state index contributed by atoms with van der Waals surface area (Å²) in [4.78, 5) is 0. The lowest BCUT2D eigenvalue weighted by atomic mass is 9.98. The Morgan fingerprint density at radius 2 is 1.95 bits per heavy atom. The van der Waals surface area contributed by atoms with E-state index in [4.69, 9.17) is 4.74 Å². The summed E-state index contributed by atoms with van der Waals surface area (Å²) in [6.45, 7) is 7.84. The zero-order valence-corrected chi connectivity index (χ0v) is 13.0. The van der Waals surface area contributed by atoms with Crippen molar-refractivity contribution in [1.29, 1.82) is 0 Å². The van der Waals surface area contributed by atoms with Crippen LogP contribution in [0.5, 0.6) is 0 Å². The third-order valence-electron chi connectivity index (χ3n) is 3.30. The van der Waals surface area contributed by atoms with E-state index in [0.717, 1.165) is 5.56 Å². The average Bonchev–Trinajstić information content (AvgIpc) is 2.53. The first-order valence-corrected chi connectivity index (χ1v) is 7.54. The first kappa shape index (κ1) is 18.3. The standard InChI is InChI=1S/C19H25FO2/c1-3-5-12-19(20)17(13-18(21)9-4-2)15-22-14-16-10-7-6-8-11-16/h3-4,6-8,10-12,17-18,21H,1-2,5,9,13-15H2/b19-12-. The van der Waals surface area contributed by atoms with Crippen molar-refractivity contribution in [3.05, 3.63) is 73.1 Å². The molecule has 1 aromatic carbocycles. The highest BCUT2D eigenvalue weighted by atomic mass is 19.1. The van der Waals surface area contributed by atoms with Crippen LogP contribution in [0, 0.1) is 5.92 Å². The molecular weight excluding hydrogens is 279 g/mol. The van der Waals surface area contributed by atoms with E-state index in [9.17, 15) is 9.50 Å². The van der Waals surface area contributed by atoms with Crippen molar-refractivity contribution >= 4 is 0 Å². The lowest BCUT2D eigenvalue weighted by Crippen LogP contribution is -2.18. The predicted molar refractivity (Wildman–Crippen MR) is 89.0 cm³/mol. The lowest BCUT2D eigenvalue weighted by molar-refractivity contribution is 0.0641. The molecule has 2 unspecified atom stereocenters. The third kappa shape index (κ3) is 7.34. The van der Waals surface area contributed by atoms with E-state index in [-0.39, 0.29) is 12.4 Å². The zero-order chi connectivity index (χ0) is 16.2. The molecule has 0 aromatic heterocycles. The summed E-state index contributed by atoms with van der Waals surface area (Å²) in [5.74, 6) is -0.699. The summed E-state index contributed by atoms with van der Waals surface area (Å²) in [5.41, 5.74) is 1.04. The van der Waals surface area contributed by atoms with Gasteiger partial charge in [-0.05, 0) is 30.9 Å². The monoisotopic (exact) mass is 304 g/mol. The highest BCUT2D eigenvalue weighted by Gasteiger charge is 2.18. The number of hydrogen-bond acceptors (Lipinski definition) is 2. The number of aliphatic hydroxyl groups is 1. The highest BCUT2D eigenvalue weighted by molar-refractivity contribution is 5.13. The molecular formula is C19H25FO2. The lowest BCUT2D eigenvalue weighted by Gasteiger charge is -2.18. The smallest absolute Gasteiger partial charge is 0.102 e. The van der Waals surface area contributed by atoms with Crippen LogP contribution in [0.2, 0.25) is 0 Å². The Bertz CT molecular complexity index is 468. The maximum Gasteiger partial charge on any atom is 0.102 e. The molecule has 0 spiro atoms. The van der Waals surface area contributed by atoms with Crippen LogP contribution in [0.1, 0.15) is 24.8 Å². The van der Waals surface area contributed by atoms with Crippen LogP contribution in [0.25, 0.3) is 0 Å². The molecule has 0 aliphatic rings. The SMILES string of the molecule is C=CC/C=C(\F)C(COCc1ccccc1)CC(O)CC=C. The Morgan fingerprint density at radius 3 is 2.59 bits per heavy atom. The molecule has 0 amide bonds. The molecule has 2 nitrogen and oxygen atoms in total.